The summed E-state index contributed by atoms with van der Waals surface area (Å²) >= 11 is 0. The molecule has 0 aliphatic carbocycles. The SMILES string of the molecule is C#CCOc1c(F)cnn1C. The first-order valence-corrected chi connectivity index (χ1v) is 2.99. The maximum absolute atomic E-state index is 12.7. The molecular weight excluding hydrogens is 147 g/mol. The molecule has 0 atom stereocenters. The maximum Gasteiger partial charge on any atom is 0.249 e. The Bertz CT molecular complexity index is 268. The van der Waals surface area contributed by atoms with E-state index in [0.717, 1.165) is 6.20 Å². The number of ether oxygens (including phenoxy) is 1. The highest BCUT2D eigenvalue weighted by atomic mass is 19.1. The van der Waals surface area contributed by atoms with Crippen molar-refractivity contribution in [3.63, 3.8) is 0 Å². The van der Waals surface area contributed by atoms with E-state index in [0.29, 0.717) is 0 Å². The van der Waals surface area contributed by atoms with Crippen LogP contribution in [0.2, 0.25) is 0 Å². The number of halogens is 1. The second kappa shape index (κ2) is 3.06. The number of rotatable bonds is 2. The Kier molecular flexibility index (Phi) is 2.12. The van der Waals surface area contributed by atoms with Gasteiger partial charge >= 0.3 is 0 Å². The van der Waals surface area contributed by atoms with Gasteiger partial charge in [-0.2, -0.15) is 9.49 Å². The number of hydrogen-bond donors (Lipinski definition) is 0. The van der Waals surface area contributed by atoms with Crippen molar-refractivity contribution in [2.45, 2.75) is 0 Å². The smallest absolute Gasteiger partial charge is 0.249 e. The summed E-state index contributed by atoms with van der Waals surface area (Å²) in [7, 11) is 1.58. The summed E-state index contributed by atoms with van der Waals surface area (Å²) < 4.78 is 18.8. The van der Waals surface area contributed by atoms with Crippen LogP contribution in [0.1, 0.15) is 0 Å². The summed E-state index contributed by atoms with van der Waals surface area (Å²) in [6, 6.07) is 0. The van der Waals surface area contributed by atoms with Gasteiger partial charge in [-0.05, 0) is 0 Å². The van der Waals surface area contributed by atoms with E-state index in [2.05, 4.69) is 11.0 Å². The van der Waals surface area contributed by atoms with E-state index in [1.807, 2.05) is 0 Å². The van der Waals surface area contributed by atoms with Gasteiger partial charge in [0.1, 0.15) is 0 Å². The fourth-order valence-corrected chi connectivity index (χ4v) is 0.672. The third-order valence-corrected chi connectivity index (χ3v) is 1.13. The van der Waals surface area contributed by atoms with Gasteiger partial charge in [-0.3, -0.25) is 0 Å². The third kappa shape index (κ3) is 1.49. The second-order valence-corrected chi connectivity index (χ2v) is 1.91. The van der Waals surface area contributed by atoms with E-state index >= 15 is 0 Å². The highest BCUT2D eigenvalue weighted by Crippen LogP contribution is 2.13. The fourth-order valence-electron chi connectivity index (χ4n) is 0.672. The Morgan fingerprint density at radius 2 is 2.64 bits per heavy atom. The molecule has 0 unspecified atom stereocenters. The van der Waals surface area contributed by atoms with Crippen LogP contribution in [-0.4, -0.2) is 16.4 Å². The van der Waals surface area contributed by atoms with Crippen molar-refractivity contribution in [2.75, 3.05) is 6.61 Å². The average Bonchev–Trinajstić information content (AvgIpc) is 2.29. The number of terminal acetylenes is 1. The molecule has 4 heteroatoms. The molecule has 3 nitrogen and oxygen atoms in total. The quantitative estimate of drug-likeness (QED) is 0.582. The van der Waals surface area contributed by atoms with Crippen molar-refractivity contribution >= 4 is 0 Å². The maximum atomic E-state index is 12.7. The number of aromatic nitrogens is 2. The molecule has 11 heavy (non-hydrogen) atoms. The molecule has 0 amide bonds. The minimum Gasteiger partial charge on any atom is -0.463 e. The van der Waals surface area contributed by atoms with Crippen LogP contribution in [-0.2, 0) is 7.05 Å². The number of aryl methyl sites for hydroxylation is 1. The number of nitrogens with zero attached hydrogens (tertiary/aromatic N) is 2. The molecule has 0 spiro atoms. The van der Waals surface area contributed by atoms with Crippen LogP contribution in [0.15, 0.2) is 6.20 Å². The molecule has 0 fully saturated rings. The number of hydrogen-bond acceptors (Lipinski definition) is 2. The minimum absolute atomic E-state index is 0.0520. The highest BCUT2D eigenvalue weighted by Gasteiger charge is 2.07. The van der Waals surface area contributed by atoms with E-state index in [1.54, 1.807) is 7.05 Å². The fraction of sp³-hybridized carbons (Fsp3) is 0.286. The molecule has 1 aromatic rings. The van der Waals surface area contributed by atoms with Crippen LogP contribution in [0, 0.1) is 18.2 Å². The summed E-state index contributed by atoms with van der Waals surface area (Å²) in [5.74, 6) is 1.81. The molecular formula is C7H7FN2O. The molecule has 0 radical (unpaired) electrons. The Morgan fingerprint density at radius 3 is 3.09 bits per heavy atom. The van der Waals surface area contributed by atoms with Crippen LogP contribution >= 0.6 is 0 Å². The summed E-state index contributed by atoms with van der Waals surface area (Å²) in [6.07, 6.45) is 5.99. The summed E-state index contributed by atoms with van der Waals surface area (Å²) in [5.41, 5.74) is 0. The van der Waals surface area contributed by atoms with E-state index in [1.165, 1.54) is 4.68 Å². The van der Waals surface area contributed by atoms with Crippen molar-refractivity contribution in [2.24, 2.45) is 7.05 Å². The molecule has 1 rings (SSSR count). The van der Waals surface area contributed by atoms with Crippen LogP contribution in [0.3, 0.4) is 0 Å². The van der Waals surface area contributed by atoms with Crippen LogP contribution in [0.4, 0.5) is 4.39 Å². The zero-order chi connectivity index (χ0) is 8.27. The summed E-state index contributed by atoms with van der Waals surface area (Å²) in [5, 5.41) is 3.62. The van der Waals surface area contributed by atoms with Gasteiger partial charge in [-0.15, -0.1) is 6.42 Å². The summed E-state index contributed by atoms with van der Waals surface area (Å²) in [4.78, 5) is 0. The molecule has 0 aliphatic rings. The lowest BCUT2D eigenvalue weighted by molar-refractivity contribution is 0.317. The predicted molar refractivity (Wildman–Crippen MR) is 37.5 cm³/mol. The van der Waals surface area contributed by atoms with Gasteiger partial charge in [-0.1, -0.05) is 5.92 Å². The van der Waals surface area contributed by atoms with Gasteiger partial charge in [0, 0.05) is 7.05 Å². The Morgan fingerprint density at radius 1 is 1.91 bits per heavy atom. The average molecular weight is 154 g/mol. The Hall–Kier alpha value is -1.50. The topological polar surface area (TPSA) is 27.1 Å². The minimum atomic E-state index is -0.497. The first kappa shape index (κ1) is 7.61. The molecule has 1 heterocycles. The Labute approximate surface area is 63.8 Å². The normalized spacial score (nSPS) is 9.18. The molecule has 58 valence electrons. The second-order valence-electron chi connectivity index (χ2n) is 1.91. The van der Waals surface area contributed by atoms with E-state index in [-0.39, 0.29) is 12.5 Å². The monoisotopic (exact) mass is 154 g/mol. The van der Waals surface area contributed by atoms with Gasteiger partial charge in [0.25, 0.3) is 0 Å². The van der Waals surface area contributed by atoms with E-state index in [4.69, 9.17) is 11.2 Å². The molecule has 0 aromatic carbocycles. The van der Waals surface area contributed by atoms with Gasteiger partial charge < -0.3 is 4.74 Å². The Balaban J connectivity index is 2.77. The molecule has 0 N–H and O–H groups in total. The lowest BCUT2D eigenvalue weighted by Gasteiger charge is -2.00. The predicted octanol–water partition coefficient (Wildman–Crippen LogP) is 0.571. The molecule has 0 bridgehead atoms. The van der Waals surface area contributed by atoms with Crippen molar-refractivity contribution in [1.29, 1.82) is 0 Å². The molecule has 1 aromatic heterocycles. The van der Waals surface area contributed by atoms with Crippen molar-refractivity contribution in [3.05, 3.63) is 12.0 Å². The van der Waals surface area contributed by atoms with Crippen molar-refractivity contribution < 1.29 is 9.13 Å². The van der Waals surface area contributed by atoms with Crippen LogP contribution in [0.5, 0.6) is 5.88 Å². The van der Waals surface area contributed by atoms with Crippen LogP contribution < -0.4 is 4.74 Å². The molecule has 0 saturated carbocycles. The van der Waals surface area contributed by atoms with E-state index in [9.17, 15) is 4.39 Å². The zero-order valence-electron chi connectivity index (χ0n) is 6.04. The lowest BCUT2D eigenvalue weighted by Crippen LogP contribution is -2.01. The standard InChI is InChI=1S/C7H7FN2O/c1-3-4-11-7-6(8)5-9-10(7)2/h1,5H,4H2,2H3. The first-order valence-electron chi connectivity index (χ1n) is 2.99. The van der Waals surface area contributed by atoms with Gasteiger partial charge in [0.15, 0.2) is 6.61 Å². The highest BCUT2D eigenvalue weighted by molar-refractivity contribution is 5.11. The van der Waals surface area contributed by atoms with Gasteiger partial charge in [-0.25, -0.2) is 4.68 Å². The first-order chi connectivity index (χ1) is 5.25. The van der Waals surface area contributed by atoms with Crippen LogP contribution in [0.25, 0.3) is 0 Å². The van der Waals surface area contributed by atoms with Crippen molar-refractivity contribution in [1.82, 2.24) is 9.78 Å². The molecule has 0 saturated heterocycles. The zero-order valence-corrected chi connectivity index (χ0v) is 6.04. The molecule has 0 aliphatic heterocycles. The third-order valence-electron chi connectivity index (χ3n) is 1.13. The summed E-state index contributed by atoms with van der Waals surface area (Å²) in [6.45, 7) is 0.0520. The largest absolute Gasteiger partial charge is 0.463 e. The van der Waals surface area contributed by atoms with E-state index < -0.39 is 5.82 Å². The van der Waals surface area contributed by atoms with Gasteiger partial charge in [0.05, 0.1) is 6.20 Å². The lowest BCUT2D eigenvalue weighted by atomic mass is 10.6. The van der Waals surface area contributed by atoms with Gasteiger partial charge in [0.2, 0.25) is 11.7 Å². The van der Waals surface area contributed by atoms with Crippen molar-refractivity contribution in [3.8, 4) is 18.2 Å².